The molecule has 0 atom stereocenters. The highest BCUT2D eigenvalue weighted by Crippen LogP contribution is 2.51. The second-order valence-electron chi connectivity index (χ2n) is 17.3. The van der Waals surface area contributed by atoms with E-state index in [1.165, 1.54) is 55.6 Å². The lowest BCUT2D eigenvalue weighted by Gasteiger charge is -2.28. The second kappa shape index (κ2) is 16.8. The Labute approximate surface area is 383 Å². The lowest BCUT2D eigenvalue weighted by Crippen LogP contribution is -2.16. The van der Waals surface area contributed by atoms with Crippen LogP contribution in [-0.2, 0) is 5.41 Å². The predicted molar refractivity (Wildman–Crippen MR) is 275 cm³/mol. The molecule has 65 heavy (non-hydrogen) atoms. The van der Waals surface area contributed by atoms with Crippen LogP contribution >= 0.6 is 0 Å². The Bertz CT molecular complexity index is 3190. The highest BCUT2D eigenvalue weighted by Gasteiger charge is 2.35. The summed E-state index contributed by atoms with van der Waals surface area (Å²) in [5.41, 5.74) is 21.4. The van der Waals surface area contributed by atoms with Gasteiger partial charge in [-0.3, -0.25) is 0 Å². The number of anilines is 6. The van der Waals surface area contributed by atoms with Gasteiger partial charge in [0.05, 0.1) is 0 Å². The summed E-state index contributed by atoms with van der Waals surface area (Å²) < 4.78 is 0. The molecule has 0 unspecified atom stereocenters. The molecule has 10 aromatic rings. The maximum absolute atomic E-state index is 2.41. The molecule has 310 valence electrons. The third-order valence-electron chi connectivity index (χ3n) is 13.1. The predicted octanol–water partition coefficient (Wildman–Crippen LogP) is 17.6. The first-order valence-corrected chi connectivity index (χ1v) is 22.5. The summed E-state index contributed by atoms with van der Waals surface area (Å²) in [5, 5.41) is 0. The molecule has 0 radical (unpaired) electrons. The van der Waals surface area contributed by atoms with E-state index in [-0.39, 0.29) is 5.41 Å². The van der Waals surface area contributed by atoms with Crippen LogP contribution < -0.4 is 9.80 Å². The normalized spacial score (nSPS) is 12.3. The first-order chi connectivity index (χ1) is 32.0. The second-order valence-corrected chi connectivity index (χ2v) is 17.3. The van der Waals surface area contributed by atoms with Crippen molar-refractivity contribution in [3.63, 3.8) is 0 Å². The summed E-state index contributed by atoms with van der Waals surface area (Å²) in [6, 6.07) is 92.4. The zero-order valence-electron chi connectivity index (χ0n) is 36.6. The van der Waals surface area contributed by atoms with Crippen molar-refractivity contribution in [2.75, 3.05) is 9.80 Å². The summed E-state index contributed by atoms with van der Waals surface area (Å²) in [4.78, 5) is 4.70. The number of nitrogens with zero attached hydrogens (tertiary/aromatic N) is 2. The van der Waals surface area contributed by atoms with Gasteiger partial charge in [-0.05, 0) is 152 Å². The first kappa shape index (κ1) is 39.6. The molecule has 2 heteroatoms. The van der Waals surface area contributed by atoms with Crippen molar-refractivity contribution in [1.29, 1.82) is 0 Å². The zero-order chi connectivity index (χ0) is 43.7. The van der Waals surface area contributed by atoms with Gasteiger partial charge in [0.1, 0.15) is 0 Å². The summed E-state index contributed by atoms with van der Waals surface area (Å²) in [7, 11) is 0. The van der Waals surface area contributed by atoms with Crippen molar-refractivity contribution in [3.8, 4) is 55.6 Å². The number of benzene rings is 10. The third kappa shape index (κ3) is 7.39. The van der Waals surface area contributed by atoms with Crippen molar-refractivity contribution < 1.29 is 0 Å². The Kier molecular flexibility index (Phi) is 10.3. The molecule has 0 saturated carbocycles. The van der Waals surface area contributed by atoms with E-state index in [2.05, 4.69) is 278 Å². The van der Waals surface area contributed by atoms with Crippen LogP contribution in [0.3, 0.4) is 0 Å². The van der Waals surface area contributed by atoms with Crippen LogP contribution in [0.25, 0.3) is 55.6 Å². The Balaban J connectivity index is 1.03. The summed E-state index contributed by atoms with van der Waals surface area (Å²) in [5.74, 6) is 0. The molecule has 0 heterocycles. The van der Waals surface area contributed by atoms with Gasteiger partial charge in [-0.25, -0.2) is 0 Å². The minimum atomic E-state index is -0.0999. The van der Waals surface area contributed by atoms with Crippen LogP contribution in [0.5, 0.6) is 0 Å². The van der Waals surface area contributed by atoms with Gasteiger partial charge in [0.25, 0.3) is 0 Å². The lowest BCUT2D eigenvalue weighted by atomic mass is 9.82. The van der Waals surface area contributed by atoms with Crippen LogP contribution in [-0.4, -0.2) is 0 Å². The molecule has 0 fully saturated rings. The Morgan fingerprint density at radius 3 is 0.969 bits per heavy atom. The first-order valence-electron chi connectivity index (χ1n) is 22.5. The number of rotatable bonds is 10. The molecule has 0 bridgehead atoms. The Morgan fingerprint density at radius 2 is 0.538 bits per heavy atom. The van der Waals surface area contributed by atoms with Crippen LogP contribution in [0.1, 0.15) is 25.0 Å². The lowest BCUT2D eigenvalue weighted by molar-refractivity contribution is 0.660. The molecule has 0 aromatic heterocycles. The molecule has 11 rings (SSSR count). The largest absolute Gasteiger partial charge is 0.311 e. The van der Waals surface area contributed by atoms with Gasteiger partial charge in [-0.15, -0.1) is 0 Å². The average Bonchev–Trinajstić information content (AvgIpc) is 3.61. The summed E-state index contributed by atoms with van der Waals surface area (Å²) in [6.07, 6.45) is 0. The van der Waals surface area contributed by atoms with E-state index in [1.807, 2.05) is 0 Å². The molecule has 1 aliphatic carbocycles. The van der Waals surface area contributed by atoms with Crippen LogP contribution in [0.2, 0.25) is 0 Å². The van der Waals surface area contributed by atoms with E-state index in [9.17, 15) is 0 Å². The van der Waals surface area contributed by atoms with Crippen LogP contribution in [0.4, 0.5) is 34.1 Å². The van der Waals surface area contributed by atoms with Gasteiger partial charge in [0.15, 0.2) is 0 Å². The maximum atomic E-state index is 2.41. The molecule has 0 N–H and O–H groups in total. The Morgan fingerprint density at radius 1 is 0.231 bits per heavy atom. The van der Waals surface area contributed by atoms with E-state index in [0.29, 0.717) is 0 Å². The van der Waals surface area contributed by atoms with Crippen molar-refractivity contribution in [3.05, 3.63) is 266 Å². The van der Waals surface area contributed by atoms with Crippen molar-refractivity contribution in [2.45, 2.75) is 19.3 Å². The average molecular weight is 833 g/mol. The molecule has 0 amide bonds. The highest BCUT2D eigenvalue weighted by molar-refractivity contribution is 5.96. The maximum Gasteiger partial charge on any atom is 0.0465 e. The molecular weight excluding hydrogens is 785 g/mol. The quantitative estimate of drug-likeness (QED) is 0.135. The summed E-state index contributed by atoms with van der Waals surface area (Å²) in [6.45, 7) is 4.70. The van der Waals surface area contributed by atoms with Crippen LogP contribution in [0.15, 0.2) is 255 Å². The number of hydrogen-bond donors (Lipinski definition) is 0. The number of hydrogen-bond acceptors (Lipinski definition) is 2. The standard InChI is InChI=1S/C63H48N2/c1-63(2)61-31-19-18-30-55(61)56-41-40-54(42-62(56)63)65(51-28-16-7-17-29-51)53-38-34-48(35-39-53)60-44-57(45-20-8-3-9-21-45)59(43-58(60)46-22-10-4-11-23-46)47-32-36-52(37-33-47)64(49-24-12-5-13-25-49)50-26-14-6-15-27-50/h3-44H,1-2H3. The molecule has 1 aliphatic rings. The third-order valence-corrected chi connectivity index (χ3v) is 13.1. The minimum absolute atomic E-state index is 0.0999. The van der Waals surface area contributed by atoms with Crippen molar-refractivity contribution in [2.24, 2.45) is 0 Å². The van der Waals surface area contributed by atoms with E-state index >= 15 is 0 Å². The van der Waals surface area contributed by atoms with Gasteiger partial charge in [-0.2, -0.15) is 0 Å². The fraction of sp³-hybridized carbons (Fsp3) is 0.0476. The van der Waals surface area contributed by atoms with Gasteiger partial charge < -0.3 is 9.80 Å². The van der Waals surface area contributed by atoms with E-state index in [0.717, 1.165) is 45.3 Å². The topological polar surface area (TPSA) is 6.48 Å². The fourth-order valence-electron chi connectivity index (χ4n) is 9.83. The van der Waals surface area contributed by atoms with Gasteiger partial charge in [-0.1, -0.05) is 184 Å². The van der Waals surface area contributed by atoms with Gasteiger partial charge >= 0.3 is 0 Å². The molecule has 0 spiro atoms. The Hall–Kier alpha value is -8.20. The van der Waals surface area contributed by atoms with E-state index in [4.69, 9.17) is 0 Å². The minimum Gasteiger partial charge on any atom is -0.311 e. The van der Waals surface area contributed by atoms with E-state index in [1.54, 1.807) is 0 Å². The fourth-order valence-corrected chi connectivity index (χ4v) is 9.83. The molecular formula is C63H48N2. The molecule has 10 aromatic carbocycles. The van der Waals surface area contributed by atoms with E-state index < -0.39 is 0 Å². The molecule has 0 saturated heterocycles. The molecule has 2 nitrogen and oxygen atoms in total. The monoisotopic (exact) mass is 832 g/mol. The SMILES string of the molecule is CC1(C)c2ccccc2-c2ccc(N(c3ccccc3)c3ccc(-c4cc(-c5ccccc5)c(-c5ccc(N(c6ccccc6)c6ccccc6)cc5)cc4-c4ccccc4)cc3)cc21. The van der Waals surface area contributed by atoms with Gasteiger partial charge in [0, 0.05) is 39.5 Å². The molecule has 0 aliphatic heterocycles. The zero-order valence-corrected chi connectivity index (χ0v) is 36.6. The van der Waals surface area contributed by atoms with Gasteiger partial charge in [0.2, 0.25) is 0 Å². The number of fused-ring (bicyclic) bond motifs is 3. The highest BCUT2D eigenvalue weighted by atomic mass is 15.1. The van der Waals surface area contributed by atoms with Crippen molar-refractivity contribution in [1.82, 2.24) is 0 Å². The van der Waals surface area contributed by atoms with Crippen molar-refractivity contribution >= 4 is 34.1 Å². The number of para-hydroxylation sites is 3. The van der Waals surface area contributed by atoms with Crippen LogP contribution in [0, 0.1) is 0 Å². The smallest absolute Gasteiger partial charge is 0.0465 e. The summed E-state index contributed by atoms with van der Waals surface area (Å²) >= 11 is 0.